The fourth-order valence-electron chi connectivity index (χ4n) is 1.53. The van der Waals surface area contributed by atoms with Crippen LogP contribution in [0.2, 0.25) is 0 Å². The van der Waals surface area contributed by atoms with E-state index in [-0.39, 0.29) is 11.8 Å². The molecule has 0 spiro atoms. The van der Waals surface area contributed by atoms with Crippen LogP contribution in [0, 0.1) is 5.41 Å². The Bertz CT molecular complexity index is 419. The highest BCUT2D eigenvalue weighted by Gasteiger charge is 2.46. The van der Waals surface area contributed by atoms with E-state index < -0.39 is 34.1 Å². The molecule has 0 bridgehead atoms. The summed E-state index contributed by atoms with van der Waals surface area (Å²) in [6.07, 6.45) is 2.03. The lowest BCUT2D eigenvalue weighted by molar-refractivity contribution is -0.149. The maximum Gasteiger partial charge on any atom is 0.330 e. The zero-order valence-electron chi connectivity index (χ0n) is 11.0. The highest BCUT2D eigenvalue weighted by Crippen LogP contribution is 2.23. The molecule has 1 heterocycles. The molecule has 7 heteroatoms. The molecule has 1 N–H and O–H groups in total. The fraction of sp³-hybridized carbons (Fsp3) is 0.727. The van der Waals surface area contributed by atoms with Crippen molar-refractivity contribution in [1.29, 1.82) is 0 Å². The van der Waals surface area contributed by atoms with Crippen LogP contribution in [0.1, 0.15) is 27.2 Å². The summed E-state index contributed by atoms with van der Waals surface area (Å²) in [5, 5.41) is 2.05. The van der Waals surface area contributed by atoms with Crippen molar-refractivity contribution in [3.8, 4) is 0 Å². The molecule has 1 saturated heterocycles. The molecule has 2 unspecified atom stereocenters. The van der Waals surface area contributed by atoms with Crippen LogP contribution in [-0.2, 0) is 20.4 Å². The number of nitrogens with one attached hydrogen (secondary N) is 1. The third kappa shape index (κ3) is 2.77. The standard InChI is InChI=1S/C11H18N2O4S/c1-7(18(4)17)5-6-13-9(15)11(2,3)8(14)12-10(13)16/h7H,5-6H2,1-4H3,(H,12,14,16). The number of amides is 4. The normalized spacial score (nSPS) is 22.7. The summed E-state index contributed by atoms with van der Waals surface area (Å²) in [6, 6.07) is -0.696. The number of urea groups is 1. The lowest BCUT2D eigenvalue weighted by Gasteiger charge is -2.34. The van der Waals surface area contributed by atoms with Crippen molar-refractivity contribution in [2.75, 3.05) is 12.8 Å². The molecule has 102 valence electrons. The molecule has 0 aromatic heterocycles. The van der Waals surface area contributed by atoms with Gasteiger partial charge in [-0.05, 0) is 20.3 Å². The van der Waals surface area contributed by atoms with Crippen molar-refractivity contribution >= 4 is 28.6 Å². The van der Waals surface area contributed by atoms with E-state index in [4.69, 9.17) is 0 Å². The van der Waals surface area contributed by atoms with Gasteiger partial charge in [-0.25, -0.2) is 4.79 Å². The molecular formula is C11H18N2O4S. The molecule has 1 fully saturated rings. The van der Waals surface area contributed by atoms with Crippen molar-refractivity contribution in [1.82, 2.24) is 10.2 Å². The predicted molar refractivity (Wildman–Crippen MR) is 67.2 cm³/mol. The Hall–Kier alpha value is -1.24. The van der Waals surface area contributed by atoms with Gasteiger partial charge in [-0.1, -0.05) is 6.92 Å². The van der Waals surface area contributed by atoms with Gasteiger partial charge in [0.1, 0.15) is 5.41 Å². The van der Waals surface area contributed by atoms with Crippen molar-refractivity contribution in [3.05, 3.63) is 0 Å². The van der Waals surface area contributed by atoms with Crippen LogP contribution >= 0.6 is 0 Å². The summed E-state index contributed by atoms with van der Waals surface area (Å²) in [5.74, 6) is -1.09. The Kier molecular flexibility index (Phi) is 4.26. The highest BCUT2D eigenvalue weighted by atomic mass is 32.2. The molecule has 4 amide bonds. The van der Waals surface area contributed by atoms with Gasteiger partial charge in [-0.2, -0.15) is 0 Å². The number of rotatable bonds is 4. The Labute approximate surface area is 109 Å². The molecule has 0 aliphatic carbocycles. The second-order valence-electron chi connectivity index (χ2n) is 4.94. The lowest BCUT2D eigenvalue weighted by Crippen LogP contribution is -2.62. The minimum absolute atomic E-state index is 0.105. The summed E-state index contributed by atoms with van der Waals surface area (Å²) < 4.78 is 11.2. The Morgan fingerprint density at radius 1 is 1.33 bits per heavy atom. The summed E-state index contributed by atoms with van der Waals surface area (Å²) in [6.45, 7) is 4.91. The van der Waals surface area contributed by atoms with Crippen LogP contribution in [0.15, 0.2) is 0 Å². The topological polar surface area (TPSA) is 83.6 Å². The van der Waals surface area contributed by atoms with Gasteiger partial charge >= 0.3 is 6.03 Å². The van der Waals surface area contributed by atoms with Gasteiger partial charge in [0, 0.05) is 28.9 Å². The van der Waals surface area contributed by atoms with Gasteiger partial charge in [-0.15, -0.1) is 0 Å². The maximum atomic E-state index is 12.0. The number of carbonyl (C=O) groups is 3. The monoisotopic (exact) mass is 274 g/mol. The fourth-order valence-corrected chi connectivity index (χ4v) is 1.96. The number of imide groups is 2. The summed E-state index contributed by atoms with van der Waals surface area (Å²) >= 11 is 0. The molecule has 0 saturated carbocycles. The van der Waals surface area contributed by atoms with Crippen LogP contribution in [0.25, 0.3) is 0 Å². The first-order valence-corrected chi connectivity index (χ1v) is 7.29. The first-order chi connectivity index (χ1) is 8.17. The molecule has 0 aromatic rings. The van der Waals surface area contributed by atoms with Gasteiger partial charge in [0.15, 0.2) is 0 Å². The van der Waals surface area contributed by atoms with E-state index in [2.05, 4.69) is 5.32 Å². The zero-order valence-corrected chi connectivity index (χ0v) is 11.8. The Morgan fingerprint density at radius 3 is 2.39 bits per heavy atom. The van der Waals surface area contributed by atoms with Crippen molar-refractivity contribution in [2.45, 2.75) is 32.4 Å². The first kappa shape index (κ1) is 14.8. The predicted octanol–water partition coefficient (Wildman–Crippen LogP) is 0.248. The number of hydrogen-bond donors (Lipinski definition) is 1. The van der Waals surface area contributed by atoms with E-state index in [0.29, 0.717) is 6.42 Å². The van der Waals surface area contributed by atoms with Crippen LogP contribution < -0.4 is 5.32 Å². The van der Waals surface area contributed by atoms with Gasteiger partial charge in [-0.3, -0.25) is 24.0 Å². The van der Waals surface area contributed by atoms with Crippen LogP contribution in [0.5, 0.6) is 0 Å². The third-order valence-electron chi connectivity index (χ3n) is 3.14. The second kappa shape index (κ2) is 5.17. The van der Waals surface area contributed by atoms with Gasteiger partial charge in [0.2, 0.25) is 11.8 Å². The molecule has 1 aliphatic heterocycles. The van der Waals surface area contributed by atoms with Crippen LogP contribution in [-0.4, -0.2) is 45.0 Å². The molecule has 1 rings (SSSR count). The van der Waals surface area contributed by atoms with Crippen LogP contribution in [0.4, 0.5) is 4.79 Å². The van der Waals surface area contributed by atoms with Crippen LogP contribution in [0.3, 0.4) is 0 Å². The molecular weight excluding hydrogens is 256 g/mol. The molecule has 6 nitrogen and oxygen atoms in total. The smallest absolute Gasteiger partial charge is 0.277 e. The number of carbonyl (C=O) groups excluding carboxylic acids is 3. The lowest BCUT2D eigenvalue weighted by atomic mass is 9.89. The van der Waals surface area contributed by atoms with E-state index in [1.165, 1.54) is 13.8 Å². The molecule has 0 aromatic carbocycles. The maximum absolute atomic E-state index is 12.0. The molecule has 18 heavy (non-hydrogen) atoms. The number of hydrogen-bond acceptors (Lipinski definition) is 4. The van der Waals surface area contributed by atoms with E-state index in [1.807, 2.05) is 0 Å². The Balaban J connectivity index is 2.76. The van der Waals surface area contributed by atoms with Gasteiger partial charge in [0.25, 0.3) is 0 Å². The van der Waals surface area contributed by atoms with Gasteiger partial charge in [0.05, 0.1) is 0 Å². The van der Waals surface area contributed by atoms with Gasteiger partial charge < -0.3 is 0 Å². The summed E-state index contributed by atoms with van der Waals surface area (Å²) in [7, 11) is -1.000. The average Bonchev–Trinajstić information content (AvgIpc) is 2.26. The van der Waals surface area contributed by atoms with E-state index in [1.54, 1.807) is 13.2 Å². The highest BCUT2D eigenvalue weighted by molar-refractivity contribution is 7.84. The molecule has 1 aliphatic rings. The van der Waals surface area contributed by atoms with Crippen molar-refractivity contribution < 1.29 is 18.6 Å². The van der Waals surface area contributed by atoms with E-state index >= 15 is 0 Å². The minimum Gasteiger partial charge on any atom is -0.277 e. The Morgan fingerprint density at radius 2 is 1.89 bits per heavy atom. The zero-order chi connectivity index (χ0) is 14.1. The summed E-state index contributed by atoms with van der Waals surface area (Å²) in [5.41, 5.74) is -1.23. The second-order valence-corrected chi connectivity index (χ2v) is 6.74. The van der Waals surface area contributed by atoms with Crippen molar-refractivity contribution in [2.24, 2.45) is 5.41 Å². The first-order valence-electron chi connectivity index (χ1n) is 5.67. The molecule has 2 atom stereocenters. The SMILES string of the molecule is CC(CCN1C(=O)NC(=O)C(C)(C)C1=O)S(C)=O. The minimum atomic E-state index is -1.23. The summed E-state index contributed by atoms with van der Waals surface area (Å²) in [4.78, 5) is 36.1. The van der Waals surface area contributed by atoms with E-state index in [0.717, 1.165) is 4.90 Å². The third-order valence-corrected chi connectivity index (χ3v) is 4.51. The number of barbiturate groups is 1. The number of nitrogens with zero attached hydrogens (tertiary/aromatic N) is 1. The van der Waals surface area contributed by atoms with E-state index in [9.17, 15) is 18.6 Å². The molecule has 0 radical (unpaired) electrons. The largest absolute Gasteiger partial charge is 0.330 e. The average molecular weight is 274 g/mol. The quantitative estimate of drug-likeness (QED) is 0.745. The van der Waals surface area contributed by atoms with Crippen molar-refractivity contribution in [3.63, 3.8) is 0 Å².